The summed E-state index contributed by atoms with van der Waals surface area (Å²) in [6.45, 7) is 3.30. The van der Waals surface area contributed by atoms with Crippen LogP contribution in [-0.4, -0.2) is 33.4 Å². The van der Waals surface area contributed by atoms with Crippen LogP contribution in [0.5, 0.6) is 0 Å². The molecular formula is C16H17ClFN3O2. The zero-order valence-electron chi connectivity index (χ0n) is 13.4. The molecule has 2 aromatic rings. The minimum Gasteiger partial charge on any atom is -0.334 e. The number of carbonyl (C=O) groups is 2. The van der Waals surface area contributed by atoms with Gasteiger partial charge < -0.3 is 4.90 Å². The minimum absolute atomic E-state index is 0.0889. The number of amides is 1. The van der Waals surface area contributed by atoms with Crippen molar-refractivity contribution < 1.29 is 14.0 Å². The second-order valence-corrected chi connectivity index (χ2v) is 5.77. The molecule has 0 radical (unpaired) electrons. The van der Waals surface area contributed by atoms with Crippen LogP contribution in [0.25, 0.3) is 0 Å². The Morgan fingerprint density at radius 3 is 2.52 bits per heavy atom. The number of rotatable bonds is 4. The first-order valence-corrected chi connectivity index (χ1v) is 7.34. The first kappa shape index (κ1) is 17.1. The Hall–Kier alpha value is -2.21. The lowest BCUT2D eigenvalue weighted by Crippen LogP contribution is -2.33. The summed E-state index contributed by atoms with van der Waals surface area (Å²) in [6.07, 6.45) is 0. The van der Waals surface area contributed by atoms with Crippen LogP contribution in [0.15, 0.2) is 18.2 Å². The summed E-state index contributed by atoms with van der Waals surface area (Å²) in [7, 11) is 3.14. The Morgan fingerprint density at radius 1 is 1.35 bits per heavy atom. The van der Waals surface area contributed by atoms with Crippen molar-refractivity contribution in [1.82, 2.24) is 14.7 Å². The van der Waals surface area contributed by atoms with Gasteiger partial charge in [0.05, 0.1) is 17.8 Å². The topological polar surface area (TPSA) is 55.2 Å². The number of Topliss-reactive ketones (excluding diaryl/α,β-unsaturated/α-hetero) is 1. The summed E-state index contributed by atoms with van der Waals surface area (Å²) in [4.78, 5) is 25.9. The molecular weight excluding hydrogens is 321 g/mol. The van der Waals surface area contributed by atoms with Crippen LogP contribution in [0.3, 0.4) is 0 Å². The summed E-state index contributed by atoms with van der Waals surface area (Å²) in [5.41, 5.74) is 1.56. The molecule has 7 heteroatoms. The first-order valence-electron chi connectivity index (χ1n) is 6.97. The van der Waals surface area contributed by atoms with Crippen LogP contribution in [-0.2, 0) is 18.4 Å². The first-order chi connectivity index (χ1) is 10.7. The van der Waals surface area contributed by atoms with Crippen molar-refractivity contribution in [1.29, 1.82) is 0 Å². The van der Waals surface area contributed by atoms with E-state index in [2.05, 4.69) is 5.10 Å². The molecule has 0 aliphatic carbocycles. The van der Waals surface area contributed by atoms with Crippen molar-refractivity contribution in [3.8, 4) is 0 Å². The SMILES string of the molecule is Cc1nn(C)c(C)c1C(=O)C(=O)N(C)Cc1c(F)cccc1Cl. The zero-order valence-corrected chi connectivity index (χ0v) is 14.1. The number of likely N-dealkylation sites (N-methyl/N-ethyl adjacent to an activating group) is 1. The highest BCUT2D eigenvalue weighted by molar-refractivity contribution is 6.43. The van der Waals surface area contributed by atoms with Gasteiger partial charge in [-0.05, 0) is 26.0 Å². The molecule has 0 fully saturated rings. The Balaban J connectivity index is 2.24. The van der Waals surface area contributed by atoms with Crippen molar-refractivity contribution in [2.75, 3.05) is 7.05 Å². The molecule has 0 bridgehead atoms. The number of nitrogens with zero attached hydrogens (tertiary/aromatic N) is 3. The number of benzene rings is 1. The van der Waals surface area contributed by atoms with E-state index in [1.165, 1.54) is 25.2 Å². The van der Waals surface area contributed by atoms with Gasteiger partial charge in [0.25, 0.3) is 11.7 Å². The second kappa shape index (κ2) is 6.50. The van der Waals surface area contributed by atoms with E-state index in [1.807, 2.05) is 0 Å². The van der Waals surface area contributed by atoms with Crippen molar-refractivity contribution in [2.24, 2.45) is 7.05 Å². The molecule has 0 aliphatic rings. The van der Waals surface area contributed by atoms with Gasteiger partial charge in [0.1, 0.15) is 5.82 Å². The molecule has 0 aliphatic heterocycles. The van der Waals surface area contributed by atoms with Crippen LogP contribution in [0.2, 0.25) is 5.02 Å². The smallest absolute Gasteiger partial charge is 0.295 e. The Labute approximate surface area is 138 Å². The standard InChI is InChI=1S/C16H17ClFN3O2/c1-9-14(10(2)21(4)19-9)15(22)16(23)20(3)8-11-12(17)6-5-7-13(11)18/h5-7H,8H2,1-4H3. The van der Waals surface area contributed by atoms with Gasteiger partial charge in [-0.2, -0.15) is 5.10 Å². The lowest BCUT2D eigenvalue weighted by molar-refractivity contribution is -0.125. The maximum atomic E-state index is 13.8. The van der Waals surface area contributed by atoms with Crippen molar-refractivity contribution >= 4 is 23.3 Å². The molecule has 1 aromatic carbocycles. The maximum absolute atomic E-state index is 13.8. The van der Waals surface area contributed by atoms with Crippen LogP contribution < -0.4 is 0 Å². The third-order valence-electron chi connectivity index (χ3n) is 3.73. The Kier molecular flexibility index (Phi) is 4.85. The molecule has 1 aromatic heterocycles. The van der Waals surface area contributed by atoms with Gasteiger partial charge in [-0.25, -0.2) is 4.39 Å². The van der Waals surface area contributed by atoms with Crippen molar-refractivity contribution in [3.63, 3.8) is 0 Å². The van der Waals surface area contributed by atoms with Crippen molar-refractivity contribution in [2.45, 2.75) is 20.4 Å². The predicted molar refractivity (Wildman–Crippen MR) is 84.9 cm³/mol. The fourth-order valence-electron chi connectivity index (χ4n) is 2.37. The minimum atomic E-state index is -0.733. The van der Waals surface area contributed by atoms with Gasteiger partial charge in [0, 0.05) is 30.4 Å². The summed E-state index contributed by atoms with van der Waals surface area (Å²) in [5.74, 6) is -1.91. The van der Waals surface area contributed by atoms with Gasteiger partial charge in [-0.3, -0.25) is 14.3 Å². The predicted octanol–water partition coefficient (Wildman–Crippen LogP) is 2.67. The van der Waals surface area contributed by atoms with E-state index in [9.17, 15) is 14.0 Å². The highest BCUT2D eigenvalue weighted by atomic mass is 35.5. The second-order valence-electron chi connectivity index (χ2n) is 5.36. The lowest BCUT2D eigenvalue weighted by atomic mass is 10.1. The fraction of sp³-hybridized carbons (Fsp3) is 0.312. The molecule has 0 saturated heterocycles. The van der Waals surface area contributed by atoms with Gasteiger partial charge >= 0.3 is 0 Å². The number of aryl methyl sites for hydroxylation is 2. The quantitative estimate of drug-likeness (QED) is 0.636. The third-order valence-corrected chi connectivity index (χ3v) is 4.09. The summed E-state index contributed by atoms with van der Waals surface area (Å²) in [5, 5.41) is 4.34. The van der Waals surface area contributed by atoms with Crippen LogP contribution in [0.1, 0.15) is 27.3 Å². The molecule has 0 N–H and O–H groups in total. The molecule has 1 heterocycles. The number of aromatic nitrogens is 2. The van der Waals surface area contributed by atoms with E-state index in [0.717, 1.165) is 4.90 Å². The van der Waals surface area contributed by atoms with E-state index >= 15 is 0 Å². The largest absolute Gasteiger partial charge is 0.334 e. The summed E-state index contributed by atoms with van der Waals surface area (Å²) < 4.78 is 15.4. The fourth-order valence-corrected chi connectivity index (χ4v) is 2.60. The number of hydrogen-bond donors (Lipinski definition) is 0. The van der Waals surface area contributed by atoms with Crippen molar-refractivity contribution in [3.05, 3.63) is 51.6 Å². The molecule has 0 unspecified atom stereocenters. The van der Waals surface area contributed by atoms with Gasteiger partial charge in [0.15, 0.2) is 0 Å². The normalized spacial score (nSPS) is 10.7. The van der Waals surface area contributed by atoms with Gasteiger partial charge in [0.2, 0.25) is 0 Å². The van der Waals surface area contributed by atoms with E-state index in [4.69, 9.17) is 11.6 Å². The number of carbonyl (C=O) groups excluding carboxylic acids is 2. The van der Waals surface area contributed by atoms with E-state index in [-0.39, 0.29) is 22.7 Å². The molecule has 1 amide bonds. The number of hydrogen-bond acceptors (Lipinski definition) is 3. The maximum Gasteiger partial charge on any atom is 0.295 e. The van der Waals surface area contributed by atoms with Crippen LogP contribution in [0, 0.1) is 19.7 Å². The van der Waals surface area contributed by atoms with Gasteiger partial charge in [-0.1, -0.05) is 17.7 Å². The Bertz CT molecular complexity index is 766. The molecule has 0 spiro atoms. The highest BCUT2D eigenvalue weighted by Gasteiger charge is 2.27. The molecule has 0 atom stereocenters. The lowest BCUT2D eigenvalue weighted by Gasteiger charge is -2.17. The average molecular weight is 338 g/mol. The molecule has 0 saturated carbocycles. The zero-order chi connectivity index (χ0) is 17.3. The highest BCUT2D eigenvalue weighted by Crippen LogP contribution is 2.21. The van der Waals surface area contributed by atoms with Crippen LogP contribution in [0.4, 0.5) is 4.39 Å². The number of halogens is 2. The third kappa shape index (κ3) is 3.27. The van der Waals surface area contributed by atoms with E-state index < -0.39 is 17.5 Å². The van der Waals surface area contributed by atoms with E-state index in [1.54, 1.807) is 25.6 Å². The molecule has 2 rings (SSSR count). The van der Waals surface area contributed by atoms with E-state index in [0.29, 0.717) is 11.4 Å². The molecule has 23 heavy (non-hydrogen) atoms. The average Bonchev–Trinajstić information content (AvgIpc) is 2.74. The Morgan fingerprint density at radius 2 is 2.00 bits per heavy atom. The summed E-state index contributed by atoms with van der Waals surface area (Å²) >= 11 is 5.95. The van der Waals surface area contributed by atoms with Gasteiger partial charge in [-0.15, -0.1) is 0 Å². The van der Waals surface area contributed by atoms with Crippen LogP contribution >= 0.6 is 11.6 Å². The molecule has 122 valence electrons. The number of ketones is 1. The molecule has 5 nitrogen and oxygen atoms in total. The monoisotopic (exact) mass is 337 g/mol. The summed E-state index contributed by atoms with van der Waals surface area (Å²) in [6, 6.07) is 4.28.